The molecule has 1 N–H and O–H groups in total. The van der Waals surface area contributed by atoms with Gasteiger partial charge < -0.3 is 14.6 Å². The van der Waals surface area contributed by atoms with Crippen LogP contribution >= 0.6 is 27.7 Å². The van der Waals surface area contributed by atoms with Crippen molar-refractivity contribution in [1.29, 1.82) is 0 Å². The number of nitrogens with one attached hydrogen (secondary N) is 1. The predicted octanol–water partition coefficient (Wildman–Crippen LogP) is 5.21. The lowest BCUT2D eigenvalue weighted by molar-refractivity contribution is -0.119. The van der Waals surface area contributed by atoms with Gasteiger partial charge in [0.2, 0.25) is 5.91 Å². The Morgan fingerprint density at radius 3 is 2.55 bits per heavy atom. The van der Waals surface area contributed by atoms with Gasteiger partial charge in [-0.1, -0.05) is 66.7 Å². The quantitative estimate of drug-likeness (QED) is 0.313. The fraction of sp³-hybridized carbons (Fsp3) is 0.571. The summed E-state index contributed by atoms with van der Waals surface area (Å²) in [4.78, 5) is 11.9. The van der Waals surface area contributed by atoms with Crippen LogP contribution < -0.4 is 10.1 Å². The number of benzene rings is 1. The number of nitrogens with zero attached hydrogens (tertiary/aromatic N) is 3. The van der Waals surface area contributed by atoms with E-state index in [4.69, 9.17) is 4.74 Å². The average Bonchev–Trinajstić information content (AvgIpc) is 3.10. The zero-order valence-electron chi connectivity index (χ0n) is 17.5. The summed E-state index contributed by atoms with van der Waals surface area (Å²) in [7, 11) is 1.65. The molecule has 160 valence electrons. The number of carbonyl (C=O) groups excluding carboxylic acids is 1. The Balaban J connectivity index is 2.03. The van der Waals surface area contributed by atoms with E-state index in [1.54, 1.807) is 7.05 Å². The van der Waals surface area contributed by atoms with Gasteiger partial charge in [-0.25, -0.2) is 0 Å². The van der Waals surface area contributed by atoms with E-state index in [1.807, 2.05) is 31.2 Å². The Morgan fingerprint density at radius 1 is 1.17 bits per heavy atom. The lowest BCUT2D eigenvalue weighted by Gasteiger charge is -2.13. The van der Waals surface area contributed by atoms with E-state index in [0.717, 1.165) is 34.2 Å². The highest BCUT2D eigenvalue weighted by Gasteiger charge is 2.19. The SMILES string of the molecule is CCCCCCCCn1c(COc2ccc(Br)cc2)nnc1SC(C)C(=O)NC. The molecule has 0 aliphatic heterocycles. The third kappa shape index (κ3) is 8.01. The minimum absolute atomic E-state index is 0.0169. The second-order valence-electron chi connectivity index (χ2n) is 6.94. The van der Waals surface area contributed by atoms with Crippen molar-refractivity contribution in [3.8, 4) is 5.75 Å². The molecule has 0 fully saturated rings. The zero-order chi connectivity index (χ0) is 21.1. The Kier molecular flexibility index (Phi) is 10.6. The smallest absolute Gasteiger partial charge is 0.233 e. The van der Waals surface area contributed by atoms with Crippen LogP contribution in [0.5, 0.6) is 5.75 Å². The lowest BCUT2D eigenvalue weighted by Crippen LogP contribution is -2.27. The van der Waals surface area contributed by atoms with Crippen molar-refractivity contribution >= 4 is 33.6 Å². The fourth-order valence-corrected chi connectivity index (χ4v) is 4.10. The van der Waals surface area contributed by atoms with Crippen molar-refractivity contribution in [3.63, 3.8) is 0 Å². The van der Waals surface area contributed by atoms with Crippen molar-refractivity contribution in [2.75, 3.05) is 7.05 Å². The number of aromatic nitrogens is 3. The summed E-state index contributed by atoms with van der Waals surface area (Å²) in [5.74, 6) is 1.56. The van der Waals surface area contributed by atoms with Gasteiger partial charge in [-0.15, -0.1) is 10.2 Å². The lowest BCUT2D eigenvalue weighted by atomic mass is 10.1. The first-order valence-corrected chi connectivity index (χ1v) is 11.9. The van der Waals surface area contributed by atoms with Crippen LogP contribution in [0.15, 0.2) is 33.9 Å². The minimum Gasteiger partial charge on any atom is -0.486 e. The highest BCUT2D eigenvalue weighted by atomic mass is 79.9. The first-order valence-electron chi connectivity index (χ1n) is 10.2. The van der Waals surface area contributed by atoms with E-state index in [0.29, 0.717) is 6.61 Å². The van der Waals surface area contributed by atoms with Crippen LogP contribution in [0, 0.1) is 0 Å². The van der Waals surface area contributed by atoms with Gasteiger partial charge >= 0.3 is 0 Å². The monoisotopic (exact) mass is 482 g/mol. The maximum Gasteiger partial charge on any atom is 0.233 e. The molecule has 0 saturated heterocycles. The number of halogens is 1. The van der Waals surface area contributed by atoms with Gasteiger partial charge in [-0.2, -0.15) is 0 Å². The normalized spacial score (nSPS) is 12.0. The third-order valence-electron chi connectivity index (χ3n) is 4.61. The second kappa shape index (κ2) is 12.9. The number of unbranched alkanes of at least 4 members (excludes halogenated alkanes) is 5. The van der Waals surface area contributed by atoms with Crippen LogP contribution in [-0.4, -0.2) is 33.0 Å². The van der Waals surface area contributed by atoms with Gasteiger partial charge in [-0.05, 0) is 37.6 Å². The summed E-state index contributed by atoms with van der Waals surface area (Å²) < 4.78 is 9.01. The van der Waals surface area contributed by atoms with Gasteiger partial charge in [0.1, 0.15) is 12.4 Å². The number of thioether (sulfide) groups is 1. The maximum atomic E-state index is 11.9. The van der Waals surface area contributed by atoms with Gasteiger partial charge in [0, 0.05) is 18.1 Å². The molecule has 1 heterocycles. The molecule has 1 aromatic heterocycles. The fourth-order valence-electron chi connectivity index (χ4n) is 2.88. The summed E-state index contributed by atoms with van der Waals surface area (Å²) in [6.45, 7) is 5.29. The van der Waals surface area contributed by atoms with E-state index >= 15 is 0 Å². The Bertz CT molecular complexity index is 752. The molecule has 0 aliphatic rings. The number of hydrogen-bond acceptors (Lipinski definition) is 5. The van der Waals surface area contributed by atoms with Crippen LogP contribution in [0.4, 0.5) is 0 Å². The predicted molar refractivity (Wildman–Crippen MR) is 121 cm³/mol. The summed E-state index contributed by atoms with van der Waals surface area (Å²) in [5, 5.41) is 11.9. The number of amides is 1. The van der Waals surface area contributed by atoms with Gasteiger partial charge in [-0.3, -0.25) is 4.79 Å². The molecule has 29 heavy (non-hydrogen) atoms. The summed E-state index contributed by atoms with van der Waals surface area (Å²) >= 11 is 4.87. The molecule has 1 amide bonds. The molecular formula is C21H31BrN4O2S. The molecule has 0 saturated carbocycles. The van der Waals surface area contributed by atoms with Crippen molar-refractivity contribution in [2.24, 2.45) is 0 Å². The second-order valence-corrected chi connectivity index (χ2v) is 9.16. The molecule has 0 spiro atoms. The number of ether oxygens (including phenoxy) is 1. The van der Waals surface area contributed by atoms with E-state index in [1.165, 1.54) is 43.9 Å². The molecule has 0 radical (unpaired) electrons. The van der Waals surface area contributed by atoms with Crippen molar-refractivity contribution in [2.45, 2.75) is 75.9 Å². The zero-order valence-corrected chi connectivity index (χ0v) is 19.9. The molecule has 2 aromatic rings. The molecule has 0 bridgehead atoms. The summed E-state index contributed by atoms with van der Waals surface area (Å²) in [6, 6.07) is 7.73. The average molecular weight is 483 g/mol. The topological polar surface area (TPSA) is 69.0 Å². The molecule has 6 nitrogen and oxygen atoms in total. The number of carbonyl (C=O) groups is 1. The molecule has 1 aromatic carbocycles. The van der Waals surface area contributed by atoms with Crippen molar-refractivity contribution in [3.05, 3.63) is 34.6 Å². The Labute approximate surface area is 186 Å². The van der Waals surface area contributed by atoms with Crippen molar-refractivity contribution in [1.82, 2.24) is 20.1 Å². The summed E-state index contributed by atoms with van der Waals surface area (Å²) in [6.07, 6.45) is 7.32. The first-order chi connectivity index (χ1) is 14.0. The molecule has 1 unspecified atom stereocenters. The molecule has 2 rings (SSSR count). The Hall–Kier alpha value is -1.54. The van der Waals surface area contributed by atoms with Gasteiger partial charge in [0.15, 0.2) is 11.0 Å². The molecular weight excluding hydrogens is 452 g/mol. The van der Waals surface area contributed by atoms with E-state index < -0.39 is 0 Å². The highest BCUT2D eigenvalue weighted by molar-refractivity contribution is 9.10. The minimum atomic E-state index is -0.229. The molecule has 0 aliphatic carbocycles. The van der Waals surface area contributed by atoms with E-state index in [2.05, 4.69) is 42.9 Å². The van der Waals surface area contributed by atoms with Crippen LogP contribution in [0.25, 0.3) is 0 Å². The third-order valence-corrected chi connectivity index (χ3v) is 6.22. The van der Waals surface area contributed by atoms with Gasteiger partial charge in [0.05, 0.1) is 5.25 Å². The highest BCUT2D eigenvalue weighted by Crippen LogP contribution is 2.24. The van der Waals surface area contributed by atoms with Crippen LogP contribution in [0.1, 0.15) is 58.2 Å². The van der Waals surface area contributed by atoms with Gasteiger partial charge in [0.25, 0.3) is 0 Å². The number of rotatable bonds is 13. The number of hydrogen-bond donors (Lipinski definition) is 1. The van der Waals surface area contributed by atoms with Crippen LogP contribution in [0.2, 0.25) is 0 Å². The Morgan fingerprint density at radius 2 is 1.86 bits per heavy atom. The van der Waals surface area contributed by atoms with Crippen LogP contribution in [-0.2, 0) is 17.9 Å². The van der Waals surface area contributed by atoms with Crippen molar-refractivity contribution < 1.29 is 9.53 Å². The van der Waals surface area contributed by atoms with E-state index in [9.17, 15) is 4.79 Å². The largest absolute Gasteiger partial charge is 0.486 e. The summed E-state index contributed by atoms with van der Waals surface area (Å²) in [5.41, 5.74) is 0. The molecule has 1 atom stereocenters. The maximum absolute atomic E-state index is 11.9. The van der Waals surface area contributed by atoms with E-state index in [-0.39, 0.29) is 11.2 Å². The molecule has 8 heteroatoms. The standard InChI is InChI=1S/C21H31BrN4O2S/c1-4-5-6-7-8-9-14-26-19(15-28-18-12-10-17(22)11-13-18)24-25-21(26)29-16(2)20(27)23-3/h10-13,16H,4-9,14-15H2,1-3H3,(H,23,27). The first kappa shape index (κ1) is 23.7. The van der Waals surface area contributed by atoms with Crippen LogP contribution in [0.3, 0.4) is 0 Å².